The summed E-state index contributed by atoms with van der Waals surface area (Å²) in [6.45, 7) is -0.476. The number of ether oxygens (including phenoxy) is 2. The van der Waals surface area contributed by atoms with Crippen molar-refractivity contribution in [3.8, 4) is 5.75 Å². The first-order valence-electron chi connectivity index (χ1n) is 8.40. The van der Waals surface area contributed by atoms with Crippen molar-refractivity contribution in [3.63, 3.8) is 0 Å². The average Bonchev–Trinajstić information content (AvgIpc) is 3.14. The fourth-order valence-electron chi connectivity index (χ4n) is 2.85. The Labute approximate surface area is 157 Å². The van der Waals surface area contributed by atoms with Crippen LogP contribution in [-0.4, -0.2) is 31.7 Å². The van der Waals surface area contributed by atoms with Crippen LogP contribution in [0, 0.1) is 5.82 Å². The molecule has 9 heteroatoms. The zero-order valence-electron chi connectivity index (χ0n) is 14.8. The molecule has 0 spiro atoms. The summed E-state index contributed by atoms with van der Waals surface area (Å²) in [7, 11) is 1.60. The summed E-state index contributed by atoms with van der Waals surface area (Å²) < 4.78 is 26.4. The smallest absolute Gasteiger partial charge is 0.344 e. The van der Waals surface area contributed by atoms with Crippen LogP contribution < -0.4 is 10.3 Å². The van der Waals surface area contributed by atoms with Gasteiger partial charge in [-0.1, -0.05) is 12.1 Å². The van der Waals surface area contributed by atoms with Gasteiger partial charge in [0.05, 0.1) is 10.9 Å². The molecule has 0 radical (unpaired) electrons. The first-order valence-corrected chi connectivity index (χ1v) is 8.40. The van der Waals surface area contributed by atoms with E-state index in [4.69, 9.17) is 9.47 Å². The molecular formula is C19H15FN4O4. The zero-order valence-corrected chi connectivity index (χ0v) is 14.8. The molecule has 0 atom stereocenters. The molecule has 2 aromatic carbocycles. The maximum atomic E-state index is 12.9. The van der Waals surface area contributed by atoms with E-state index in [2.05, 4.69) is 10.2 Å². The summed E-state index contributed by atoms with van der Waals surface area (Å²) in [5.74, 6) is 0.0620. The number of nitrogens with zero attached hydrogens (tertiary/aromatic N) is 4. The van der Waals surface area contributed by atoms with Crippen LogP contribution in [0.3, 0.4) is 0 Å². The number of aromatic nitrogens is 4. The van der Waals surface area contributed by atoms with Gasteiger partial charge in [0.15, 0.2) is 19.0 Å². The zero-order chi connectivity index (χ0) is 19.7. The second-order valence-electron chi connectivity index (χ2n) is 6.04. The summed E-state index contributed by atoms with van der Waals surface area (Å²) in [6, 6.07) is 12.4. The number of halogens is 1. The Balaban J connectivity index is 1.53. The van der Waals surface area contributed by atoms with Crippen LogP contribution in [0.2, 0.25) is 0 Å². The molecule has 4 aromatic rings. The molecule has 8 nitrogen and oxygen atoms in total. The van der Waals surface area contributed by atoms with Gasteiger partial charge in [0.2, 0.25) is 5.78 Å². The van der Waals surface area contributed by atoms with Gasteiger partial charge in [-0.15, -0.1) is 10.2 Å². The first-order chi connectivity index (χ1) is 13.5. The highest BCUT2D eigenvalue weighted by Gasteiger charge is 2.16. The van der Waals surface area contributed by atoms with E-state index in [1.165, 1.54) is 28.8 Å². The largest absolute Gasteiger partial charge is 0.482 e. The fourth-order valence-corrected chi connectivity index (χ4v) is 2.85. The lowest BCUT2D eigenvalue weighted by Crippen LogP contribution is -2.21. The molecule has 0 N–H and O–H groups in total. The van der Waals surface area contributed by atoms with Crippen LogP contribution in [0.1, 0.15) is 5.82 Å². The van der Waals surface area contributed by atoms with E-state index < -0.39 is 11.8 Å². The van der Waals surface area contributed by atoms with E-state index in [1.807, 2.05) is 0 Å². The van der Waals surface area contributed by atoms with Crippen molar-refractivity contribution < 1.29 is 18.7 Å². The number of carbonyl (C=O) groups excluding carboxylic acids is 1. The van der Waals surface area contributed by atoms with Gasteiger partial charge in [0.1, 0.15) is 11.6 Å². The van der Waals surface area contributed by atoms with E-state index in [-0.39, 0.29) is 18.8 Å². The highest BCUT2D eigenvalue weighted by molar-refractivity contribution is 5.80. The minimum absolute atomic E-state index is 0.144. The number of fused-ring (bicyclic) bond motifs is 3. The second-order valence-corrected chi connectivity index (χ2v) is 6.04. The third-order valence-corrected chi connectivity index (χ3v) is 4.23. The van der Waals surface area contributed by atoms with Gasteiger partial charge in [-0.25, -0.2) is 9.18 Å². The quantitative estimate of drug-likeness (QED) is 0.490. The molecule has 0 aliphatic carbocycles. The molecule has 142 valence electrons. The molecule has 0 saturated carbocycles. The van der Waals surface area contributed by atoms with E-state index in [9.17, 15) is 14.0 Å². The Hall–Kier alpha value is -3.75. The van der Waals surface area contributed by atoms with E-state index in [1.54, 1.807) is 35.7 Å². The predicted molar refractivity (Wildman–Crippen MR) is 97.4 cm³/mol. The van der Waals surface area contributed by atoms with Crippen molar-refractivity contribution in [2.75, 3.05) is 6.61 Å². The third-order valence-electron chi connectivity index (χ3n) is 4.23. The van der Waals surface area contributed by atoms with Crippen LogP contribution >= 0.6 is 0 Å². The molecule has 0 unspecified atom stereocenters. The molecule has 0 fully saturated rings. The molecular weight excluding hydrogens is 367 g/mol. The van der Waals surface area contributed by atoms with Crippen molar-refractivity contribution >= 4 is 22.6 Å². The lowest BCUT2D eigenvalue weighted by atomic mass is 10.2. The van der Waals surface area contributed by atoms with Gasteiger partial charge < -0.3 is 9.47 Å². The maximum Gasteiger partial charge on any atom is 0.344 e. The summed E-state index contributed by atoms with van der Waals surface area (Å²) >= 11 is 0. The lowest BCUT2D eigenvalue weighted by molar-refractivity contribution is -0.147. The number of rotatable bonds is 5. The Morgan fingerprint density at radius 3 is 2.64 bits per heavy atom. The SMILES string of the molecule is Cn1c(=O)c2ccccc2n2c(COC(=O)COc3ccc(F)cc3)nnc12. The summed E-state index contributed by atoms with van der Waals surface area (Å²) in [5.41, 5.74) is 0.436. The molecule has 0 bridgehead atoms. The van der Waals surface area contributed by atoms with Crippen molar-refractivity contribution in [1.82, 2.24) is 19.2 Å². The summed E-state index contributed by atoms with van der Waals surface area (Å²) in [4.78, 5) is 24.4. The summed E-state index contributed by atoms with van der Waals surface area (Å²) in [5, 5.41) is 8.57. The average molecular weight is 382 g/mol. The predicted octanol–water partition coefficient (Wildman–Crippen LogP) is 1.84. The monoisotopic (exact) mass is 382 g/mol. The topological polar surface area (TPSA) is 87.7 Å². The maximum absolute atomic E-state index is 12.9. The molecule has 0 aliphatic heterocycles. The van der Waals surface area contributed by atoms with Crippen LogP contribution in [-0.2, 0) is 23.2 Å². The van der Waals surface area contributed by atoms with Crippen molar-refractivity contribution in [1.29, 1.82) is 0 Å². The van der Waals surface area contributed by atoms with Crippen LogP contribution in [0.4, 0.5) is 4.39 Å². The number of hydrogen-bond acceptors (Lipinski definition) is 6. The van der Waals surface area contributed by atoms with E-state index in [0.29, 0.717) is 28.3 Å². The summed E-state index contributed by atoms with van der Waals surface area (Å²) in [6.07, 6.45) is 0. The van der Waals surface area contributed by atoms with Crippen LogP contribution in [0.25, 0.3) is 16.7 Å². The van der Waals surface area contributed by atoms with E-state index >= 15 is 0 Å². The van der Waals surface area contributed by atoms with Crippen molar-refractivity contribution in [2.24, 2.45) is 7.05 Å². The number of aryl methyl sites for hydroxylation is 1. The Morgan fingerprint density at radius 1 is 1.11 bits per heavy atom. The van der Waals surface area contributed by atoms with E-state index in [0.717, 1.165) is 0 Å². The highest BCUT2D eigenvalue weighted by atomic mass is 19.1. The van der Waals surface area contributed by atoms with Gasteiger partial charge in [-0.05, 0) is 36.4 Å². The molecule has 2 aromatic heterocycles. The molecule has 0 saturated heterocycles. The molecule has 0 aliphatic rings. The number of hydrogen-bond donors (Lipinski definition) is 0. The van der Waals surface area contributed by atoms with Gasteiger partial charge in [0.25, 0.3) is 5.56 Å². The van der Waals surface area contributed by atoms with Gasteiger partial charge in [-0.2, -0.15) is 0 Å². The Bertz CT molecular complexity index is 1230. The Kier molecular flexibility index (Phi) is 4.48. The lowest BCUT2D eigenvalue weighted by Gasteiger charge is -2.09. The van der Waals surface area contributed by atoms with Gasteiger partial charge in [-0.3, -0.25) is 13.8 Å². The standard InChI is InChI=1S/C19H15FN4O4/c1-23-18(26)14-4-2-3-5-15(14)24-16(21-22-19(23)24)10-28-17(25)11-27-13-8-6-12(20)7-9-13/h2-9H,10-11H2,1H3. The number of benzene rings is 2. The van der Waals surface area contributed by atoms with Crippen LogP contribution in [0.5, 0.6) is 5.75 Å². The normalized spacial score (nSPS) is 11.1. The number of esters is 1. The second kappa shape index (κ2) is 7.10. The first kappa shape index (κ1) is 17.7. The molecule has 28 heavy (non-hydrogen) atoms. The van der Waals surface area contributed by atoms with Crippen molar-refractivity contribution in [2.45, 2.75) is 6.61 Å². The minimum Gasteiger partial charge on any atom is -0.482 e. The van der Waals surface area contributed by atoms with Crippen molar-refractivity contribution in [3.05, 3.63) is 70.5 Å². The molecule has 0 amide bonds. The third kappa shape index (κ3) is 3.18. The minimum atomic E-state index is -0.616. The van der Waals surface area contributed by atoms with Gasteiger partial charge >= 0.3 is 5.97 Å². The Morgan fingerprint density at radius 2 is 1.86 bits per heavy atom. The fraction of sp³-hybridized carbons (Fsp3) is 0.158. The van der Waals surface area contributed by atoms with Crippen LogP contribution in [0.15, 0.2) is 53.3 Å². The number of para-hydroxylation sites is 1. The van der Waals surface area contributed by atoms with Gasteiger partial charge in [0, 0.05) is 7.05 Å². The highest BCUT2D eigenvalue weighted by Crippen LogP contribution is 2.15. The number of carbonyl (C=O) groups is 1. The molecule has 2 heterocycles. The molecule has 4 rings (SSSR count).